The Bertz CT molecular complexity index is 446. The molecule has 0 aliphatic rings. The first kappa shape index (κ1) is 13.0. The van der Waals surface area contributed by atoms with Crippen molar-refractivity contribution in [2.45, 2.75) is 26.9 Å². The monoisotopic (exact) mass is 233 g/mol. The molecule has 0 saturated carbocycles. The van der Waals surface area contributed by atoms with Gasteiger partial charge in [0.2, 0.25) is 0 Å². The molecule has 1 aromatic carbocycles. The second kappa shape index (κ2) is 5.90. The molecule has 0 aromatic heterocycles. The predicted molar refractivity (Wildman–Crippen MR) is 62.6 cm³/mol. The van der Waals surface area contributed by atoms with Gasteiger partial charge in [-0.2, -0.15) is 5.26 Å². The van der Waals surface area contributed by atoms with Gasteiger partial charge in [0.05, 0.1) is 17.7 Å². The Balaban J connectivity index is 2.63. The molecule has 0 amide bonds. The molecule has 0 saturated heterocycles. The highest BCUT2D eigenvalue weighted by molar-refractivity contribution is 5.71. The van der Waals surface area contributed by atoms with Crippen LogP contribution in [0.2, 0.25) is 0 Å². The summed E-state index contributed by atoms with van der Waals surface area (Å²) < 4.78 is 10.3. The number of nitrogens with zero attached hydrogens (tertiary/aromatic N) is 1. The third-order valence-corrected chi connectivity index (χ3v) is 2.03. The first-order valence-corrected chi connectivity index (χ1v) is 5.36. The van der Waals surface area contributed by atoms with Crippen LogP contribution in [0.5, 0.6) is 5.75 Å². The van der Waals surface area contributed by atoms with Gasteiger partial charge in [-0.15, -0.1) is 0 Å². The van der Waals surface area contributed by atoms with Crippen molar-refractivity contribution in [2.75, 3.05) is 6.61 Å². The minimum absolute atomic E-state index is 0.145. The van der Waals surface area contributed by atoms with E-state index in [9.17, 15) is 4.79 Å². The van der Waals surface area contributed by atoms with Gasteiger partial charge < -0.3 is 9.47 Å². The van der Waals surface area contributed by atoms with E-state index < -0.39 is 5.97 Å². The molecular weight excluding hydrogens is 218 g/mol. The molecule has 0 spiro atoms. The fourth-order valence-electron chi connectivity index (χ4n) is 1.26. The predicted octanol–water partition coefficient (Wildman–Crippen LogP) is 2.20. The van der Waals surface area contributed by atoms with E-state index in [-0.39, 0.29) is 12.7 Å². The molecule has 0 N–H and O–H groups in total. The summed E-state index contributed by atoms with van der Waals surface area (Å²) in [5.41, 5.74) is 1.38. The lowest BCUT2D eigenvalue weighted by Crippen LogP contribution is -2.19. The van der Waals surface area contributed by atoms with Crippen LogP contribution in [0.15, 0.2) is 18.2 Å². The van der Waals surface area contributed by atoms with Crippen LogP contribution in [-0.4, -0.2) is 18.7 Å². The van der Waals surface area contributed by atoms with Crippen LogP contribution in [0.4, 0.5) is 0 Å². The molecule has 0 unspecified atom stereocenters. The standard InChI is InChI=1S/C13H15NO3/c1-9(2)17-13(15)8-16-12-6-11(7-14)5-4-10(12)3/h4-6,9H,8H2,1-3H3. The van der Waals surface area contributed by atoms with Gasteiger partial charge in [0.25, 0.3) is 0 Å². The number of aryl methyl sites for hydroxylation is 1. The zero-order valence-electron chi connectivity index (χ0n) is 10.2. The number of hydrogen-bond acceptors (Lipinski definition) is 4. The van der Waals surface area contributed by atoms with Crippen LogP contribution in [0, 0.1) is 18.3 Å². The molecule has 4 nitrogen and oxygen atoms in total. The molecule has 0 radical (unpaired) electrons. The smallest absolute Gasteiger partial charge is 0.344 e. The molecule has 4 heteroatoms. The topological polar surface area (TPSA) is 59.3 Å². The first-order chi connectivity index (χ1) is 8.02. The molecule has 1 aromatic rings. The summed E-state index contributed by atoms with van der Waals surface area (Å²) in [7, 11) is 0. The van der Waals surface area contributed by atoms with Crippen molar-refractivity contribution in [3.63, 3.8) is 0 Å². The van der Waals surface area contributed by atoms with Crippen LogP contribution in [0.25, 0.3) is 0 Å². The Kier molecular flexibility index (Phi) is 4.53. The zero-order valence-corrected chi connectivity index (χ0v) is 10.2. The number of carbonyl (C=O) groups excluding carboxylic acids is 1. The molecule has 0 bridgehead atoms. The number of ether oxygens (including phenoxy) is 2. The lowest BCUT2D eigenvalue weighted by atomic mass is 10.1. The van der Waals surface area contributed by atoms with Gasteiger partial charge in [-0.3, -0.25) is 0 Å². The number of carbonyl (C=O) groups is 1. The van der Waals surface area contributed by atoms with Crippen LogP contribution in [0.1, 0.15) is 25.0 Å². The van der Waals surface area contributed by atoms with Gasteiger partial charge in [-0.05, 0) is 38.5 Å². The third kappa shape index (κ3) is 4.15. The Hall–Kier alpha value is -2.02. The van der Waals surface area contributed by atoms with E-state index >= 15 is 0 Å². The number of nitriles is 1. The number of benzene rings is 1. The summed E-state index contributed by atoms with van der Waals surface area (Å²) in [5, 5.41) is 8.75. The molecule has 0 heterocycles. The maximum Gasteiger partial charge on any atom is 0.344 e. The van der Waals surface area contributed by atoms with Gasteiger partial charge in [0.1, 0.15) is 5.75 Å². The maximum atomic E-state index is 11.3. The number of esters is 1. The van der Waals surface area contributed by atoms with E-state index in [1.807, 2.05) is 13.0 Å². The molecule has 17 heavy (non-hydrogen) atoms. The average Bonchev–Trinajstić information content (AvgIpc) is 2.27. The first-order valence-electron chi connectivity index (χ1n) is 5.36. The van der Waals surface area contributed by atoms with Gasteiger partial charge in [-0.25, -0.2) is 4.79 Å². The summed E-state index contributed by atoms with van der Waals surface area (Å²) in [4.78, 5) is 11.3. The second-order valence-corrected chi connectivity index (χ2v) is 3.92. The van der Waals surface area contributed by atoms with E-state index in [0.717, 1.165) is 5.56 Å². The fourth-order valence-corrected chi connectivity index (χ4v) is 1.26. The van der Waals surface area contributed by atoms with Crippen molar-refractivity contribution >= 4 is 5.97 Å². The fraction of sp³-hybridized carbons (Fsp3) is 0.385. The van der Waals surface area contributed by atoms with Gasteiger partial charge >= 0.3 is 5.97 Å². The van der Waals surface area contributed by atoms with Crippen molar-refractivity contribution in [3.8, 4) is 11.8 Å². The molecule has 0 aliphatic carbocycles. The Morgan fingerprint density at radius 2 is 2.18 bits per heavy atom. The van der Waals surface area contributed by atoms with Crippen molar-refractivity contribution in [2.24, 2.45) is 0 Å². The van der Waals surface area contributed by atoms with E-state index in [0.29, 0.717) is 11.3 Å². The lowest BCUT2D eigenvalue weighted by Gasteiger charge is -2.10. The Morgan fingerprint density at radius 3 is 2.76 bits per heavy atom. The van der Waals surface area contributed by atoms with E-state index in [2.05, 4.69) is 0 Å². The Labute approximate surface area is 101 Å². The molecule has 0 atom stereocenters. The second-order valence-electron chi connectivity index (χ2n) is 3.92. The van der Waals surface area contributed by atoms with Crippen molar-refractivity contribution < 1.29 is 14.3 Å². The van der Waals surface area contributed by atoms with Gasteiger partial charge in [0, 0.05) is 0 Å². The summed E-state index contributed by atoms with van der Waals surface area (Å²) in [6.45, 7) is 5.26. The van der Waals surface area contributed by atoms with Crippen LogP contribution >= 0.6 is 0 Å². The summed E-state index contributed by atoms with van der Waals surface area (Å²) in [5.74, 6) is 0.117. The van der Waals surface area contributed by atoms with Crippen molar-refractivity contribution in [1.29, 1.82) is 5.26 Å². The zero-order chi connectivity index (χ0) is 12.8. The van der Waals surface area contributed by atoms with Crippen molar-refractivity contribution in [3.05, 3.63) is 29.3 Å². The van der Waals surface area contributed by atoms with E-state index in [1.54, 1.807) is 32.0 Å². The van der Waals surface area contributed by atoms with Crippen molar-refractivity contribution in [1.82, 2.24) is 0 Å². The van der Waals surface area contributed by atoms with Gasteiger partial charge in [-0.1, -0.05) is 6.07 Å². The van der Waals surface area contributed by atoms with Crippen LogP contribution < -0.4 is 4.74 Å². The minimum atomic E-state index is -0.415. The SMILES string of the molecule is Cc1ccc(C#N)cc1OCC(=O)OC(C)C. The summed E-state index contributed by atoms with van der Waals surface area (Å²) in [6.07, 6.45) is -0.155. The highest BCUT2D eigenvalue weighted by Crippen LogP contribution is 2.19. The number of hydrogen-bond donors (Lipinski definition) is 0. The van der Waals surface area contributed by atoms with Crippen LogP contribution in [-0.2, 0) is 9.53 Å². The molecule has 0 aliphatic heterocycles. The summed E-state index contributed by atoms with van der Waals surface area (Å²) in [6, 6.07) is 7.11. The molecular formula is C13H15NO3. The molecule has 90 valence electrons. The van der Waals surface area contributed by atoms with E-state index in [4.69, 9.17) is 14.7 Å². The highest BCUT2D eigenvalue weighted by atomic mass is 16.6. The van der Waals surface area contributed by atoms with Crippen LogP contribution in [0.3, 0.4) is 0 Å². The maximum absolute atomic E-state index is 11.3. The lowest BCUT2D eigenvalue weighted by molar-refractivity contribution is -0.149. The normalized spacial score (nSPS) is 9.82. The molecule has 0 fully saturated rings. The number of rotatable bonds is 4. The summed E-state index contributed by atoms with van der Waals surface area (Å²) >= 11 is 0. The third-order valence-electron chi connectivity index (χ3n) is 2.03. The van der Waals surface area contributed by atoms with Gasteiger partial charge in [0.15, 0.2) is 6.61 Å². The molecule has 1 rings (SSSR count). The quantitative estimate of drug-likeness (QED) is 0.748. The minimum Gasteiger partial charge on any atom is -0.482 e. The highest BCUT2D eigenvalue weighted by Gasteiger charge is 2.08. The largest absolute Gasteiger partial charge is 0.482 e. The average molecular weight is 233 g/mol. The van der Waals surface area contributed by atoms with E-state index in [1.165, 1.54) is 0 Å². The Morgan fingerprint density at radius 1 is 1.47 bits per heavy atom.